The normalized spacial score (nSPS) is 12.2. The Balaban J connectivity index is 2.50. The number of hydrogen-bond acceptors (Lipinski definition) is 4. The van der Waals surface area contributed by atoms with E-state index in [0.29, 0.717) is 13.2 Å². The fourth-order valence-electron chi connectivity index (χ4n) is 1.76. The van der Waals surface area contributed by atoms with Crippen molar-refractivity contribution in [3.05, 3.63) is 24.3 Å². The highest BCUT2D eigenvalue weighted by molar-refractivity contribution is 5.49. The Hall–Kier alpha value is -1.26. The molecule has 1 rings (SSSR count). The second-order valence-electron chi connectivity index (χ2n) is 4.81. The van der Waals surface area contributed by atoms with Gasteiger partial charge < -0.3 is 19.7 Å². The van der Waals surface area contributed by atoms with Crippen molar-refractivity contribution >= 4 is 5.69 Å². The van der Waals surface area contributed by atoms with E-state index in [2.05, 4.69) is 23.2 Å². The van der Waals surface area contributed by atoms with Gasteiger partial charge in [0, 0.05) is 33.0 Å². The van der Waals surface area contributed by atoms with Crippen molar-refractivity contribution in [2.75, 3.05) is 45.9 Å². The van der Waals surface area contributed by atoms with Gasteiger partial charge in [-0.05, 0) is 25.1 Å². The number of methoxy groups -OCH3 is 1. The van der Waals surface area contributed by atoms with E-state index < -0.39 is 0 Å². The van der Waals surface area contributed by atoms with Crippen molar-refractivity contribution in [3.63, 3.8) is 0 Å². The van der Waals surface area contributed by atoms with Gasteiger partial charge in [-0.2, -0.15) is 0 Å². The molecule has 0 radical (unpaired) electrons. The number of nitrogens with one attached hydrogen (secondary N) is 1. The molecule has 0 spiro atoms. The maximum absolute atomic E-state index is 5.84. The van der Waals surface area contributed by atoms with Crippen LogP contribution in [-0.2, 0) is 4.74 Å². The second kappa shape index (κ2) is 8.77. The Morgan fingerprint density at radius 1 is 1.26 bits per heavy atom. The van der Waals surface area contributed by atoms with Gasteiger partial charge in [0.2, 0.25) is 0 Å². The molecule has 0 saturated heterocycles. The molecule has 0 aromatic heterocycles. The van der Waals surface area contributed by atoms with Crippen LogP contribution in [0.15, 0.2) is 24.3 Å². The molecule has 1 aromatic rings. The average molecular weight is 266 g/mol. The van der Waals surface area contributed by atoms with Crippen molar-refractivity contribution in [1.29, 1.82) is 0 Å². The molecule has 4 nitrogen and oxygen atoms in total. The van der Waals surface area contributed by atoms with Crippen molar-refractivity contribution < 1.29 is 9.47 Å². The first kappa shape index (κ1) is 15.8. The minimum Gasteiger partial charge on any atom is -0.492 e. The van der Waals surface area contributed by atoms with E-state index in [0.717, 1.165) is 24.4 Å². The molecular formula is C15H26N2O2. The molecule has 1 unspecified atom stereocenters. The van der Waals surface area contributed by atoms with E-state index in [9.17, 15) is 0 Å². The third kappa shape index (κ3) is 5.94. The minimum atomic E-state index is 0.230. The van der Waals surface area contributed by atoms with Crippen LogP contribution in [0.4, 0.5) is 5.69 Å². The van der Waals surface area contributed by atoms with Crippen molar-refractivity contribution in [2.24, 2.45) is 0 Å². The van der Waals surface area contributed by atoms with E-state index in [1.54, 1.807) is 7.11 Å². The van der Waals surface area contributed by atoms with Crippen molar-refractivity contribution in [3.8, 4) is 5.75 Å². The Bertz CT molecular complexity index is 356. The van der Waals surface area contributed by atoms with E-state index in [-0.39, 0.29) is 6.04 Å². The van der Waals surface area contributed by atoms with Crippen LogP contribution in [0.3, 0.4) is 0 Å². The van der Waals surface area contributed by atoms with Gasteiger partial charge in [0.05, 0.1) is 12.6 Å². The fourth-order valence-corrected chi connectivity index (χ4v) is 1.76. The monoisotopic (exact) mass is 266 g/mol. The molecule has 0 bridgehead atoms. The SMILES string of the molecule is CCCNC(COC)COc1cccc(N(C)C)c1. The zero-order chi connectivity index (χ0) is 14.1. The first-order valence-corrected chi connectivity index (χ1v) is 6.79. The lowest BCUT2D eigenvalue weighted by molar-refractivity contribution is 0.136. The average Bonchev–Trinajstić information content (AvgIpc) is 2.42. The summed E-state index contributed by atoms with van der Waals surface area (Å²) in [6.07, 6.45) is 1.11. The summed E-state index contributed by atoms with van der Waals surface area (Å²) in [4.78, 5) is 2.06. The molecule has 19 heavy (non-hydrogen) atoms. The molecule has 0 saturated carbocycles. The molecule has 108 valence electrons. The Morgan fingerprint density at radius 2 is 2.05 bits per heavy atom. The summed E-state index contributed by atoms with van der Waals surface area (Å²) in [5.41, 5.74) is 1.14. The standard InChI is InChI=1S/C15H26N2O2/c1-5-9-16-13(11-18-4)12-19-15-8-6-7-14(10-15)17(2)3/h6-8,10,13,16H,5,9,11-12H2,1-4H3. The van der Waals surface area contributed by atoms with Crippen LogP contribution < -0.4 is 15.0 Å². The molecule has 1 N–H and O–H groups in total. The molecular weight excluding hydrogens is 240 g/mol. The molecule has 0 amide bonds. The summed E-state index contributed by atoms with van der Waals surface area (Å²) < 4.78 is 11.0. The van der Waals surface area contributed by atoms with E-state index in [4.69, 9.17) is 9.47 Å². The smallest absolute Gasteiger partial charge is 0.121 e. The third-order valence-corrected chi connectivity index (χ3v) is 2.84. The van der Waals surface area contributed by atoms with Gasteiger partial charge in [-0.15, -0.1) is 0 Å². The second-order valence-corrected chi connectivity index (χ2v) is 4.81. The highest BCUT2D eigenvalue weighted by atomic mass is 16.5. The van der Waals surface area contributed by atoms with Gasteiger partial charge in [-0.25, -0.2) is 0 Å². The maximum atomic E-state index is 5.84. The summed E-state index contributed by atoms with van der Waals surface area (Å²) in [5.74, 6) is 0.894. The molecule has 1 atom stereocenters. The van der Waals surface area contributed by atoms with E-state index >= 15 is 0 Å². The third-order valence-electron chi connectivity index (χ3n) is 2.84. The van der Waals surface area contributed by atoms with Gasteiger partial charge in [-0.1, -0.05) is 13.0 Å². The molecule has 0 aliphatic heterocycles. The lowest BCUT2D eigenvalue weighted by Crippen LogP contribution is -2.38. The summed E-state index contributed by atoms with van der Waals surface area (Å²) in [6.45, 7) is 4.41. The van der Waals surface area contributed by atoms with Crippen molar-refractivity contribution in [2.45, 2.75) is 19.4 Å². The van der Waals surface area contributed by atoms with Crippen molar-refractivity contribution in [1.82, 2.24) is 5.32 Å². The fraction of sp³-hybridized carbons (Fsp3) is 0.600. The van der Waals surface area contributed by atoms with Crippen LogP contribution >= 0.6 is 0 Å². The number of rotatable bonds is 9. The highest BCUT2D eigenvalue weighted by Gasteiger charge is 2.08. The minimum absolute atomic E-state index is 0.230. The van der Waals surface area contributed by atoms with Crippen LogP contribution in [0.2, 0.25) is 0 Å². The van der Waals surface area contributed by atoms with Gasteiger partial charge in [0.1, 0.15) is 12.4 Å². The van der Waals surface area contributed by atoms with Crippen LogP contribution in [-0.4, -0.2) is 47.0 Å². The molecule has 0 aliphatic rings. The van der Waals surface area contributed by atoms with E-state index in [1.807, 2.05) is 32.3 Å². The molecule has 4 heteroatoms. The van der Waals surface area contributed by atoms with Gasteiger partial charge >= 0.3 is 0 Å². The Labute approximate surface area is 116 Å². The summed E-state index contributed by atoms with van der Waals surface area (Å²) in [7, 11) is 5.76. The number of ether oxygens (including phenoxy) is 2. The Kier molecular flexibility index (Phi) is 7.30. The number of benzene rings is 1. The quantitative estimate of drug-likeness (QED) is 0.742. The summed E-state index contributed by atoms with van der Waals surface area (Å²) >= 11 is 0. The lowest BCUT2D eigenvalue weighted by Gasteiger charge is -2.19. The lowest BCUT2D eigenvalue weighted by atomic mass is 10.3. The number of anilines is 1. The van der Waals surface area contributed by atoms with Gasteiger partial charge in [-0.3, -0.25) is 0 Å². The maximum Gasteiger partial charge on any atom is 0.121 e. The topological polar surface area (TPSA) is 33.7 Å². The zero-order valence-corrected chi connectivity index (χ0v) is 12.5. The van der Waals surface area contributed by atoms with Crippen LogP contribution in [0.5, 0.6) is 5.75 Å². The Morgan fingerprint density at radius 3 is 2.68 bits per heavy atom. The number of hydrogen-bond donors (Lipinski definition) is 1. The van der Waals surface area contributed by atoms with E-state index in [1.165, 1.54) is 0 Å². The molecule has 0 heterocycles. The van der Waals surface area contributed by atoms with Gasteiger partial charge in [0.25, 0.3) is 0 Å². The molecule has 0 aliphatic carbocycles. The van der Waals surface area contributed by atoms with Crippen LogP contribution in [0.1, 0.15) is 13.3 Å². The van der Waals surface area contributed by atoms with Gasteiger partial charge in [0.15, 0.2) is 0 Å². The highest BCUT2D eigenvalue weighted by Crippen LogP contribution is 2.19. The predicted octanol–water partition coefficient (Wildman–Crippen LogP) is 2.15. The number of nitrogens with zero attached hydrogens (tertiary/aromatic N) is 1. The largest absolute Gasteiger partial charge is 0.492 e. The van der Waals surface area contributed by atoms with Crippen LogP contribution in [0.25, 0.3) is 0 Å². The first-order chi connectivity index (χ1) is 9.17. The molecule has 0 fully saturated rings. The van der Waals surface area contributed by atoms with Crippen LogP contribution in [0, 0.1) is 0 Å². The summed E-state index contributed by atoms with van der Waals surface area (Å²) in [5, 5.41) is 3.42. The molecule has 1 aromatic carbocycles. The predicted molar refractivity (Wildman–Crippen MR) is 80.2 cm³/mol. The first-order valence-electron chi connectivity index (χ1n) is 6.79. The summed E-state index contributed by atoms with van der Waals surface area (Å²) in [6, 6.07) is 8.33. The zero-order valence-electron chi connectivity index (χ0n) is 12.5.